The highest BCUT2D eigenvalue weighted by Gasteiger charge is 2.19. The zero-order valence-electron chi connectivity index (χ0n) is 12.2. The van der Waals surface area contributed by atoms with E-state index in [1.54, 1.807) is 0 Å². The van der Waals surface area contributed by atoms with Crippen LogP contribution >= 0.6 is 0 Å². The van der Waals surface area contributed by atoms with E-state index in [-0.39, 0.29) is 0 Å². The summed E-state index contributed by atoms with van der Waals surface area (Å²) in [5.74, 6) is 0. The lowest BCUT2D eigenvalue weighted by atomic mass is 10.2. The van der Waals surface area contributed by atoms with E-state index in [0.29, 0.717) is 6.04 Å². The van der Waals surface area contributed by atoms with Crippen LogP contribution in [0.2, 0.25) is 0 Å². The van der Waals surface area contributed by atoms with Crippen LogP contribution in [0.5, 0.6) is 0 Å². The maximum atomic E-state index is 3.47. The lowest BCUT2D eigenvalue weighted by Crippen LogP contribution is -2.50. The molecule has 0 unspecified atom stereocenters. The summed E-state index contributed by atoms with van der Waals surface area (Å²) in [6.45, 7) is 17.0. The average Bonchev–Trinajstić information content (AvgIpc) is 2.65. The van der Waals surface area contributed by atoms with E-state index in [2.05, 4.69) is 33.9 Å². The second-order valence-electron chi connectivity index (χ2n) is 5.92. The Morgan fingerprint density at radius 3 is 2.17 bits per heavy atom. The van der Waals surface area contributed by atoms with Gasteiger partial charge in [0.1, 0.15) is 0 Å². The van der Waals surface area contributed by atoms with Gasteiger partial charge in [0.05, 0.1) is 0 Å². The lowest BCUT2D eigenvalue weighted by Gasteiger charge is -2.37. The van der Waals surface area contributed by atoms with Crippen molar-refractivity contribution < 1.29 is 0 Å². The number of nitrogens with zero attached hydrogens (tertiary/aromatic N) is 3. The predicted molar refractivity (Wildman–Crippen MR) is 77.1 cm³/mol. The van der Waals surface area contributed by atoms with Gasteiger partial charge < -0.3 is 10.2 Å². The van der Waals surface area contributed by atoms with E-state index in [1.165, 1.54) is 71.9 Å². The molecule has 2 rings (SSSR count). The van der Waals surface area contributed by atoms with Crippen molar-refractivity contribution in [3.63, 3.8) is 0 Å². The summed E-state index contributed by atoms with van der Waals surface area (Å²) in [4.78, 5) is 7.85. The van der Waals surface area contributed by atoms with E-state index >= 15 is 0 Å². The minimum atomic E-state index is 0.712. The highest BCUT2D eigenvalue weighted by molar-refractivity contribution is 4.75. The second-order valence-corrected chi connectivity index (χ2v) is 5.92. The highest BCUT2D eigenvalue weighted by atomic mass is 15.3. The Bertz CT molecular complexity index is 216. The van der Waals surface area contributed by atoms with Gasteiger partial charge in [-0.15, -0.1) is 0 Å². The molecular weight excluding hydrogens is 224 g/mol. The van der Waals surface area contributed by atoms with Crippen LogP contribution in [0, 0.1) is 0 Å². The molecular formula is C14H30N4. The van der Waals surface area contributed by atoms with Crippen LogP contribution in [0.15, 0.2) is 0 Å². The van der Waals surface area contributed by atoms with E-state index in [0.717, 1.165) is 0 Å². The zero-order chi connectivity index (χ0) is 12.8. The average molecular weight is 254 g/mol. The topological polar surface area (TPSA) is 21.8 Å². The van der Waals surface area contributed by atoms with Crippen molar-refractivity contribution in [1.82, 2.24) is 20.0 Å². The molecule has 0 radical (unpaired) electrons. The number of hydrogen-bond acceptors (Lipinski definition) is 4. The van der Waals surface area contributed by atoms with E-state index in [4.69, 9.17) is 0 Å². The van der Waals surface area contributed by atoms with E-state index < -0.39 is 0 Å². The summed E-state index contributed by atoms with van der Waals surface area (Å²) >= 11 is 0. The van der Waals surface area contributed by atoms with Gasteiger partial charge in [-0.05, 0) is 33.4 Å². The predicted octanol–water partition coefficient (Wildman–Crippen LogP) is 0.308. The molecule has 2 aliphatic rings. The Morgan fingerprint density at radius 1 is 0.833 bits per heavy atom. The van der Waals surface area contributed by atoms with Crippen LogP contribution in [-0.2, 0) is 0 Å². The number of nitrogens with one attached hydrogen (secondary N) is 1. The zero-order valence-corrected chi connectivity index (χ0v) is 12.2. The third-order valence-corrected chi connectivity index (χ3v) is 4.30. The molecule has 0 bridgehead atoms. The highest BCUT2D eigenvalue weighted by Crippen LogP contribution is 2.06. The molecule has 2 heterocycles. The summed E-state index contributed by atoms with van der Waals surface area (Å²) in [6.07, 6.45) is 1.31. The maximum Gasteiger partial charge on any atom is 0.0113 e. The van der Waals surface area contributed by atoms with Crippen molar-refractivity contribution in [2.45, 2.75) is 26.3 Å². The van der Waals surface area contributed by atoms with Gasteiger partial charge in [0.2, 0.25) is 0 Å². The van der Waals surface area contributed by atoms with E-state index in [9.17, 15) is 0 Å². The first-order chi connectivity index (χ1) is 8.75. The molecule has 1 N–H and O–H groups in total. The maximum absolute atomic E-state index is 3.47. The summed E-state index contributed by atoms with van der Waals surface area (Å²) in [7, 11) is 0. The minimum absolute atomic E-state index is 0.712. The Morgan fingerprint density at radius 2 is 1.50 bits per heavy atom. The van der Waals surface area contributed by atoms with Gasteiger partial charge in [-0.3, -0.25) is 9.80 Å². The van der Waals surface area contributed by atoms with Crippen molar-refractivity contribution in [2.75, 3.05) is 65.4 Å². The largest absolute Gasteiger partial charge is 0.315 e. The van der Waals surface area contributed by atoms with Crippen LogP contribution in [0.4, 0.5) is 0 Å². The van der Waals surface area contributed by atoms with Gasteiger partial charge in [0, 0.05) is 58.4 Å². The second kappa shape index (κ2) is 7.43. The molecule has 0 aromatic rings. The first kappa shape index (κ1) is 14.3. The molecule has 4 heteroatoms. The number of hydrogen-bond donors (Lipinski definition) is 1. The van der Waals surface area contributed by atoms with Crippen LogP contribution in [0.25, 0.3) is 0 Å². The Hall–Kier alpha value is -0.160. The third kappa shape index (κ3) is 4.50. The van der Waals surface area contributed by atoms with Gasteiger partial charge >= 0.3 is 0 Å². The number of piperazine rings is 1. The van der Waals surface area contributed by atoms with Crippen molar-refractivity contribution in [2.24, 2.45) is 0 Å². The lowest BCUT2D eigenvalue weighted by molar-refractivity contribution is 0.0993. The molecule has 0 atom stereocenters. The molecule has 106 valence electrons. The van der Waals surface area contributed by atoms with Gasteiger partial charge in [0.25, 0.3) is 0 Å². The normalized spacial score (nSPS) is 25.5. The summed E-state index contributed by atoms with van der Waals surface area (Å²) < 4.78 is 0. The molecule has 0 spiro atoms. The van der Waals surface area contributed by atoms with Gasteiger partial charge in [0.15, 0.2) is 0 Å². The van der Waals surface area contributed by atoms with Crippen molar-refractivity contribution in [1.29, 1.82) is 0 Å². The molecule has 0 aliphatic carbocycles. The molecule has 0 amide bonds. The molecule has 18 heavy (non-hydrogen) atoms. The first-order valence-corrected chi connectivity index (χ1v) is 7.65. The van der Waals surface area contributed by atoms with Crippen molar-refractivity contribution >= 4 is 0 Å². The summed E-state index contributed by atoms with van der Waals surface area (Å²) in [5.41, 5.74) is 0. The van der Waals surface area contributed by atoms with Crippen LogP contribution < -0.4 is 5.32 Å². The molecule has 0 saturated carbocycles. The molecule has 2 fully saturated rings. The van der Waals surface area contributed by atoms with Crippen LogP contribution in [0.1, 0.15) is 20.3 Å². The molecule has 0 aromatic heterocycles. The summed E-state index contributed by atoms with van der Waals surface area (Å²) in [5, 5.41) is 3.47. The monoisotopic (exact) mass is 254 g/mol. The number of rotatable bonds is 4. The Kier molecular flexibility index (Phi) is 5.89. The fraction of sp³-hybridized carbons (Fsp3) is 1.00. The van der Waals surface area contributed by atoms with Crippen LogP contribution in [0.3, 0.4) is 0 Å². The summed E-state index contributed by atoms with van der Waals surface area (Å²) in [6, 6.07) is 0.712. The van der Waals surface area contributed by atoms with Gasteiger partial charge in [-0.1, -0.05) is 0 Å². The molecule has 2 aliphatic heterocycles. The Labute approximate surface area is 112 Å². The quantitative estimate of drug-likeness (QED) is 0.779. The van der Waals surface area contributed by atoms with Crippen molar-refractivity contribution in [3.8, 4) is 0 Å². The van der Waals surface area contributed by atoms with E-state index in [1.807, 2.05) is 0 Å². The van der Waals surface area contributed by atoms with Gasteiger partial charge in [-0.25, -0.2) is 0 Å². The Balaban J connectivity index is 1.62. The molecule has 4 nitrogen and oxygen atoms in total. The fourth-order valence-electron chi connectivity index (χ4n) is 2.91. The van der Waals surface area contributed by atoms with Gasteiger partial charge in [-0.2, -0.15) is 0 Å². The first-order valence-electron chi connectivity index (χ1n) is 7.65. The fourth-order valence-corrected chi connectivity index (χ4v) is 2.91. The standard InChI is InChI=1S/C14H30N4/c1-14(2)18-12-10-17(11-13-18)9-8-16-6-3-4-15-5-7-16/h14-15H,3-13H2,1-2H3. The molecule has 2 saturated heterocycles. The van der Waals surface area contributed by atoms with Crippen molar-refractivity contribution in [3.05, 3.63) is 0 Å². The molecule has 0 aromatic carbocycles. The minimum Gasteiger partial charge on any atom is -0.315 e. The smallest absolute Gasteiger partial charge is 0.0113 e. The van der Waals surface area contributed by atoms with Crippen LogP contribution in [-0.4, -0.2) is 86.2 Å². The third-order valence-electron chi connectivity index (χ3n) is 4.30. The SMILES string of the molecule is CC(C)N1CCN(CCN2CCCNCC2)CC1.